The van der Waals surface area contributed by atoms with Gasteiger partial charge in [-0.25, -0.2) is 4.39 Å². The van der Waals surface area contributed by atoms with E-state index in [0.717, 1.165) is 6.07 Å². The molecule has 2 aromatic rings. The van der Waals surface area contributed by atoms with Gasteiger partial charge in [0.15, 0.2) is 12.7 Å². The first-order chi connectivity index (χ1) is 12.5. The number of carbonyl (C=O) groups excluding carboxylic acids is 2. The summed E-state index contributed by atoms with van der Waals surface area (Å²) in [6, 6.07) is 10.6. The molecule has 1 N–H and O–H groups in total. The molecule has 0 aromatic heterocycles. The van der Waals surface area contributed by atoms with Gasteiger partial charge in [0.05, 0.1) is 17.3 Å². The lowest BCUT2D eigenvalue weighted by atomic mass is 10.1. The molecule has 0 radical (unpaired) electrons. The number of ether oxygens (including phenoxy) is 2. The molecule has 2 amide bonds. The maximum atomic E-state index is 13.1. The predicted octanol–water partition coefficient (Wildman–Crippen LogP) is 2.40. The van der Waals surface area contributed by atoms with Crippen molar-refractivity contribution < 1.29 is 23.5 Å². The molecular weight excluding hydrogens is 363 g/mol. The first-order valence-corrected chi connectivity index (χ1v) is 8.23. The number of halogens is 2. The third-order valence-electron chi connectivity index (χ3n) is 3.86. The van der Waals surface area contributed by atoms with Gasteiger partial charge >= 0.3 is 0 Å². The minimum Gasteiger partial charge on any atom is -0.482 e. The van der Waals surface area contributed by atoms with E-state index in [9.17, 15) is 14.0 Å². The predicted molar refractivity (Wildman–Crippen MR) is 94.2 cm³/mol. The number of likely N-dealkylation sites (N-methyl/N-ethyl adjacent to an activating group) is 1. The van der Waals surface area contributed by atoms with E-state index in [4.69, 9.17) is 21.1 Å². The van der Waals surface area contributed by atoms with Crippen LogP contribution in [0.3, 0.4) is 0 Å². The number of hydrogen-bond donors (Lipinski definition) is 1. The van der Waals surface area contributed by atoms with Crippen LogP contribution < -0.4 is 19.7 Å². The average Bonchev–Trinajstić information content (AvgIpc) is 2.65. The van der Waals surface area contributed by atoms with Gasteiger partial charge < -0.3 is 19.7 Å². The van der Waals surface area contributed by atoms with E-state index >= 15 is 0 Å². The Kier molecular flexibility index (Phi) is 5.27. The van der Waals surface area contributed by atoms with E-state index in [1.54, 1.807) is 24.3 Å². The Bertz CT molecular complexity index is 846. The van der Waals surface area contributed by atoms with E-state index in [-0.39, 0.29) is 35.7 Å². The fraction of sp³-hybridized carbons (Fsp3) is 0.222. The van der Waals surface area contributed by atoms with Crippen LogP contribution in [0.4, 0.5) is 10.1 Å². The van der Waals surface area contributed by atoms with Crippen LogP contribution in [0.5, 0.6) is 11.5 Å². The Balaban J connectivity index is 1.77. The lowest BCUT2D eigenvalue weighted by Gasteiger charge is -2.33. The molecule has 0 saturated heterocycles. The first-order valence-electron chi connectivity index (χ1n) is 7.85. The summed E-state index contributed by atoms with van der Waals surface area (Å²) in [5.74, 6) is -0.578. The quantitative estimate of drug-likeness (QED) is 0.887. The lowest BCUT2D eigenvalue weighted by Crippen LogP contribution is -2.51. The number of carbonyl (C=O) groups is 2. The van der Waals surface area contributed by atoms with Crippen molar-refractivity contribution in [2.75, 3.05) is 25.1 Å². The zero-order valence-electron chi connectivity index (χ0n) is 13.9. The Morgan fingerprint density at radius 3 is 2.85 bits per heavy atom. The number of nitrogens with zero attached hydrogens (tertiary/aromatic N) is 1. The summed E-state index contributed by atoms with van der Waals surface area (Å²) in [7, 11) is 1.50. The SMILES string of the molecule is CNC(=O)[C@H]1CN(C(=O)COc2ccc(F)cc2Cl)c2ccccc2O1. The number of fused-ring (bicyclic) bond motifs is 1. The molecule has 0 aliphatic carbocycles. The Morgan fingerprint density at radius 1 is 1.35 bits per heavy atom. The Morgan fingerprint density at radius 2 is 2.12 bits per heavy atom. The van der Waals surface area contributed by atoms with E-state index in [0.29, 0.717) is 11.4 Å². The largest absolute Gasteiger partial charge is 0.482 e. The topological polar surface area (TPSA) is 67.9 Å². The molecule has 8 heteroatoms. The van der Waals surface area contributed by atoms with Crippen molar-refractivity contribution in [2.45, 2.75) is 6.10 Å². The number of benzene rings is 2. The third-order valence-corrected chi connectivity index (χ3v) is 4.15. The van der Waals surface area contributed by atoms with Crippen molar-refractivity contribution in [2.24, 2.45) is 0 Å². The molecule has 0 fully saturated rings. The van der Waals surface area contributed by atoms with Gasteiger partial charge in [-0.2, -0.15) is 0 Å². The molecule has 0 unspecified atom stereocenters. The second kappa shape index (κ2) is 7.61. The molecule has 0 bridgehead atoms. The fourth-order valence-electron chi connectivity index (χ4n) is 2.58. The van der Waals surface area contributed by atoms with Crippen molar-refractivity contribution in [3.8, 4) is 11.5 Å². The molecule has 3 rings (SSSR count). The van der Waals surface area contributed by atoms with Crippen LogP contribution in [-0.4, -0.2) is 38.1 Å². The maximum Gasteiger partial charge on any atom is 0.265 e. The number of hydrogen-bond acceptors (Lipinski definition) is 4. The molecule has 1 atom stereocenters. The van der Waals surface area contributed by atoms with Crippen LogP contribution in [-0.2, 0) is 9.59 Å². The fourth-order valence-corrected chi connectivity index (χ4v) is 2.80. The van der Waals surface area contributed by atoms with Crippen LogP contribution in [0.2, 0.25) is 5.02 Å². The van der Waals surface area contributed by atoms with E-state index in [1.807, 2.05) is 0 Å². The van der Waals surface area contributed by atoms with Crippen molar-refractivity contribution in [1.29, 1.82) is 0 Å². The minimum atomic E-state index is -0.826. The smallest absolute Gasteiger partial charge is 0.265 e. The number of amides is 2. The van der Waals surface area contributed by atoms with Crippen molar-refractivity contribution in [3.63, 3.8) is 0 Å². The van der Waals surface area contributed by atoms with Gasteiger partial charge in [0.25, 0.3) is 11.8 Å². The number of nitrogens with one attached hydrogen (secondary N) is 1. The number of para-hydroxylation sites is 2. The molecular formula is C18H16ClFN2O4. The summed E-state index contributed by atoms with van der Waals surface area (Å²) in [5, 5.41) is 2.58. The molecule has 1 heterocycles. The maximum absolute atomic E-state index is 13.1. The highest BCUT2D eigenvalue weighted by molar-refractivity contribution is 6.32. The van der Waals surface area contributed by atoms with Crippen molar-refractivity contribution in [1.82, 2.24) is 5.32 Å². The van der Waals surface area contributed by atoms with Crippen LogP contribution in [0.1, 0.15) is 0 Å². The lowest BCUT2D eigenvalue weighted by molar-refractivity contribution is -0.128. The third kappa shape index (κ3) is 3.72. The van der Waals surface area contributed by atoms with Gasteiger partial charge in [-0.1, -0.05) is 23.7 Å². The van der Waals surface area contributed by atoms with Gasteiger partial charge in [0, 0.05) is 7.05 Å². The summed E-state index contributed by atoms with van der Waals surface area (Å²) in [6.45, 7) is -0.268. The normalized spacial score (nSPS) is 15.7. The van der Waals surface area contributed by atoms with Crippen LogP contribution in [0.25, 0.3) is 0 Å². The van der Waals surface area contributed by atoms with Crippen molar-refractivity contribution in [3.05, 3.63) is 53.3 Å². The van der Waals surface area contributed by atoms with E-state index in [1.165, 1.54) is 24.1 Å². The van der Waals surface area contributed by atoms with Crippen LogP contribution in [0.15, 0.2) is 42.5 Å². The highest BCUT2D eigenvalue weighted by atomic mass is 35.5. The highest BCUT2D eigenvalue weighted by Crippen LogP contribution is 2.33. The number of rotatable bonds is 4. The van der Waals surface area contributed by atoms with Gasteiger partial charge in [0.1, 0.15) is 17.3 Å². The molecule has 0 spiro atoms. The van der Waals surface area contributed by atoms with Crippen molar-refractivity contribution >= 4 is 29.1 Å². The summed E-state index contributed by atoms with van der Waals surface area (Å²) in [4.78, 5) is 26.0. The Hall–Kier alpha value is -2.80. The molecule has 6 nitrogen and oxygen atoms in total. The molecule has 2 aromatic carbocycles. The molecule has 1 aliphatic heterocycles. The summed E-state index contributed by atoms with van der Waals surface area (Å²) in [5.41, 5.74) is 0.548. The van der Waals surface area contributed by atoms with E-state index in [2.05, 4.69) is 5.32 Å². The number of anilines is 1. The van der Waals surface area contributed by atoms with Gasteiger partial charge in [0.2, 0.25) is 0 Å². The molecule has 26 heavy (non-hydrogen) atoms. The summed E-state index contributed by atoms with van der Waals surface area (Å²) in [6.07, 6.45) is -0.826. The first kappa shape index (κ1) is 18.0. The van der Waals surface area contributed by atoms with Crippen LogP contribution in [0, 0.1) is 5.82 Å². The second-order valence-electron chi connectivity index (χ2n) is 5.56. The molecule has 0 saturated carbocycles. The van der Waals surface area contributed by atoms with Crippen LogP contribution >= 0.6 is 11.6 Å². The molecule has 136 valence electrons. The average molecular weight is 379 g/mol. The minimum absolute atomic E-state index is 0.0516. The van der Waals surface area contributed by atoms with E-state index < -0.39 is 11.9 Å². The highest BCUT2D eigenvalue weighted by Gasteiger charge is 2.33. The summed E-state index contributed by atoms with van der Waals surface area (Å²) < 4.78 is 24.2. The Labute approximate surface area is 154 Å². The zero-order valence-corrected chi connectivity index (χ0v) is 14.6. The van der Waals surface area contributed by atoms with Gasteiger partial charge in [-0.3, -0.25) is 9.59 Å². The van der Waals surface area contributed by atoms with Gasteiger partial charge in [-0.05, 0) is 30.3 Å². The second-order valence-corrected chi connectivity index (χ2v) is 5.96. The molecule has 1 aliphatic rings. The zero-order chi connectivity index (χ0) is 18.7. The standard InChI is InChI=1S/C18H16ClFN2O4/c1-21-18(24)16-9-22(13-4-2-3-5-15(13)26-16)17(23)10-25-14-7-6-11(20)8-12(14)19/h2-8,16H,9-10H2,1H3,(H,21,24)/t16-/m1/s1. The monoisotopic (exact) mass is 378 g/mol. The summed E-state index contributed by atoms with van der Waals surface area (Å²) >= 11 is 5.90. The van der Waals surface area contributed by atoms with Gasteiger partial charge in [-0.15, -0.1) is 0 Å².